The predicted molar refractivity (Wildman–Crippen MR) is 65.7 cm³/mol. The van der Waals surface area contributed by atoms with Crippen LogP contribution in [-0.4, -0.2) is 10.9 Å². The van der Waals surface area contributed by atoms with Crippen molar-refractivity contribution in [3.63, 3.8) is 0 Å². The molecular formula is C13H12O2S. The van der Waals surface area contributed by atoms with E-state index in [1.54, 1.807) is 18.3 Å². The molecule has 0 saturated heterocycles. The van der Waals surface area contributed by atoms with Crippen molar-refractivity contribution in [2.75, 3.05) is 0 Å². The van der Waals surface area contributed by atoms with Crippen molar-refractivity contribution in [1.82, 2.24) is 0 Å². The Morgan fingerprint density at radius 2 is 1.94 bits per heavy atom. The Labute approximate surface area is 98.2 Å². The molecule has 0 aliphatic carbocycles. The third-order valence-electron chi connectivity index (χ3n) is 2.47. The Balaban J connectivity index is 2.38. The monoisotopic (exact) mass is 232 g/mol. The minimum Gasteiger partial charge on any atom is -0.392 e. The molecule has 2 rings (SSSR count). The zero-order chi connectivity index (χ0) is 11.5. The number of ketones is 1. The quantitative estimate of drug-likeness (QED) is 0.826. The molecule has 82 valence electrons. The third-order valence-corrected chi connectivity index (χ3v) is 3.48. The third kappa shape index (κ3) is 2.05. The van der Waals surface area contributed by atoms with E-state index < -0.39 is 0 Å². The van der Waals surface area contributed by atoms with Gasteiger partial charge in [0.25, 0.3) is 0 Å². The van der Waals surface area contributed by atoms with Crippen molar-refractivity contribution >= 4 is 17.1 Å². The molecule has 0 amide bonds. The molecule has 0 saturated carbocycles. The normalized spacial score (nSPS) is 10.4. The van der Waals surface area contributed by atoms with E-state index in [9.17, 15) is 4.79 Å². The number of aliphatic hydroxyl groups excluding tert-OH is 1. The molecule has 2 nitrogen and oxygen atoms in total. The van der Waals surface area contributed by atoms with Gasteiger partial charge in [-0.05, 0) is 29.5 Å². The Morgan fingerprint density at radius 3 is 2.50 bits per heavy atom. The summed E-state index contributed by atoms with van der Waals surface area (Å²) in [5.74, 6) is 0.0695. The standard InChI is InChI=1S/C13H12O2S/c1-9(15)10-2-4-11(5-3-10)13-12(8-14)6-7-16-13/h2-7,14H,8H2,1H3. The summed E-state index contributed by atoms with van der Waals surface area (Å²) >= 11 is 1.60. The molecule has 1 heterocycles. The van der Waals surface area contributed by atoms with E-state index in [1.807, 2.05) is 35.7 Å². The van der Waals surface area contributed by atoms with Crippen molar-refractivity contribution in [3.05, 3.63) is 46.8 Å². The van der Waals surface area contributed by atoms with Crippen LogP contribution in [0.25, 0.3) is 10.4 Å². The Hall–Kier alpha value is -1.45. The number of hydrogen-bond donors (Lipinski definition) is 1. The number of hydrogen-bond acceptors (Lipinski definition) is 3. The van der Waals surface area contributed by atoms with E-state index in [4.69, 9.17) is 5.11 Å². The lowest BCUT2D eigenvalue weighted by molar-refractivity contribution is 0.101. The summed E-state index contributed by atoms with van der Waals surface area (Å²) in [5, 5.41) is 11.1. The molecule has 0 atom stereocenters. The highest BCUT2D eigenvalue weighted by molar-refractivity contribution is 7.13. The summed E-state index contributed by atoms with van der Waals surface area (Å²) in [6.07, 6.45) is 0. The van der Waals surface area contributed by atoms with Gasteiger partial charge in [0.1, 0.15) is 0 Å². The van der Waals surface area contributed by atoms with Crippen LogP contribution in [0.2, 0.25) is 0 Å². The first kappa shape index (κ1) is 11.0. The molecule has 0 unspecified atom stereocenters. The fourth-order valence-electron chi connectivity index (χ4n) is 1.57. The van der Waals surface area contributed by atoms with Gasteiger partial charge in [-0.3, -0.25) is 4.79 Å². The molecule has 0 aliphatic heterocycles. The largest absolute Gasteiger partial charge is 0.392 e. The maximum Gasteiger partial charge on any atom is 0.159 e. The van der Waals surface area contributed by atoms with E-state index in [-0.39, 0.29) is 12.4 Å². The Morgan fingerprint density at radius 1 is 1.25 bits per heavy atom. The first-order chi connectivity index (χ1) is 7.72. The molecule has 1 aromatic heterocycles. The lowest BCUT2D eigenvalue weighted by Crippen LogP contribution is -1.91. The summed E-state index contributed by atoms with van der Waals surface area (Å²) in [6, 6.07) is 9.39. The van der Waals surface area contributed by atoms with Crippen LogP contribution >= 0.6 is 11.3 Å². The smallest absolute Gasteiger partial charge is 0.159 e. The lowest BCUT2D eigenvalue weighted by atomic mass is 10.1. The predicted octanol–water partition coefficient (Wildman–Crippen LogP) is 3.11. The highest BCUT2D eigenvalue weighted by Crippen LogP contribution is 2.29. The number of rotatable bonds is 3. The molecule has 1 N–H and O–H groups in total. The SMILES string of the molecule is CC(=O)c1ccc(-c2sccc2CO)cc1. The number of Topliss-reactive ketones (excluding diaryl/α,β-unsaturated/α-hetero) is 1. The van der Waals surface area contributed by atoms with Gasteiger partial charge in [0.15, 0.2) is 5.78 Å². The number of carbonyl (C=O) groups is 1. The van der Waals surface area contributed by atoms with Crippen LogP contribution in [0.4, 0.5) is 0 Å². The number of thiophene rings is 1. The van der Waals surface area contributed by atoms with Crippen LogP contribution in [0.3, 0.4) is 0 Å². The second-order valence-corrected chi connectivity index (χ2v) is 4.48. The molecule has 1 aromatic carbocycles. The molecular weight excluding hydrogens is 220 g/mol. The van der Waals surface area contributed by atoms with E-state index >= 15 is 0 Å². The molecule has 16 heavy (non-hydrogen) atoms. The summed E-state index contributed by atoms with van der Waals surface area (Å²) in [5.41, 5.74) is 2.69. The first-order valence-electron chi connectivity index (χ1n) is 5.01. The Bertz CT molecular complexity index is 497. The van der Waals surface area contributed by atoms with Gasteiger partial charge in [0.05, 0.1) is 6.61 Å². The second-order valence-electron chi connectivity index (χ2n) is 3.57. The zero-order valence-corrected chi connectivity index (χ0v) is 9.75. The summed E-state index contributed by atoms with van der Waals surface area (Å²) in [6.45, 7) is 1.60. The van der Waals surface area contributed by atoms with E-state index in [0.717, 1.165) is 16.0 Å². The highest BCUT2D eigenvalue weighted by Gasteiger charge is 2.06. The minimum atomic E-state index is 0.0489. The first-order valence-corrected chi connectivity index (χ1v) is 5.89. The van der Waals surface area contributed by atoms with Crippen LogP contribution in [0.15, 0.2) is 35.7 Å². The maximum atomic E-state index is 11.1. The Kier molecular flexibility index (Phi) is 3.17. The molecule has 0 fully saturated rings. The molecule has 0 radical (unpaired) electrons. The fourth-order valence-corrected chi connectivity index (χ4v) is 2.49. The van der Waals surface area contributed by atoms with Gasteiger partial charge >= 0.3 is 0 Å². The highest BCUT2D eigenvalue weighted by atomic mass is 32.1. The van der Waals surface area contributed by atoms with Crippen molar-refractivity contribution in [2.24, 2.45) is 0 Å². The van der Waals surface area contributed by atoms with Crippen molar-refractivity contribution in [3.8, 4) is 10.4 Å². The average Bonchev–Trinajstić information content (AvgIpc) is 2.77. The summed E-state index contributed by atoms with van der Waals surface area (Å²) in [7, 11) is 0. The van der Waals surface area contributed by atoms with Gasteiger partial charge in [0, 0.05) is 10.4 Å². The molecule has 3 heteroatoms. The van der Waals surface area contributed by atoms with Crippen molar-refractivity contribution in [2.45, 2.75) is 13.5 Å². The fraction of sp³-hybridized carbons (Fsp3) is 0.154. The van der Waals surface area contributed by atoms with Crippen LogP contribution in [0.5, 0.6) is 0 Å². The molecule has 0 spiro atoms. The lowest BCUT2D eigenvalue weighted by Gasteiger charge is -2.02. The topological polar surface area (TPSA) is 37.3 Å². The van der Waals surface area contributed by atoms with Gasteiger partial charge in [-0.15, -0.1) is 11.3 Å². The average molecular weight is 232 g/mol. The van der Waals surface area contributed by atoms with Crippen molar-refractivity contribution in [1.29, 1.82) is 0 Å². The van der Waals surface area contributed by atoms with E-state index in [2.05, 4.69) is 0 Å². The number of carbonyl (C=O) groups excluding carboxylic acids is 1. The second kappa shape index (κ2) is 4.60. The summed E-state index contributed by atoms with van der Waals surface area (Å²) < 4.78 is 0. The van der Waals surface area contributed by atoms with Gasteiger partial charge in [0.2, 0.25) is 0 Å². The number of aliphatic hydroxyl groups is 1. The molecule has 2 aromatic rings. The van der Waals surface area contributed by atoms with E-state index in [1.165, 1.54) is 0 Å². The van der Waals surface area contributed by atoms with Gasteiger partial charge in [-0.25, -0.2) is 0 Å². The van der Waals surface area contributed by atoms with Crippen LogP contribution in [0, 0.1) is 0 Å². The van der Waals surface area contributed by atoms with E-state index in [0.29, 0.717) is 5.56 Å². The van der Waals surface area contributed by atoms with Crippen LogP contribution in [0.1, 0.15) is 22.8 Å². The van der Waals surface area contributed by atoms with Crippen molar-refractivity contribution < 1.29 is 9.90 Å². The minimum absolute atomic E-state index is 0.0489. The number of benzene rings is 1. The van der Waals surface area contributed by atoms with Gasteiger partial charge < -0.3 is 5.11 Å². The maximum absolute atomic E-state index is 11.1. The van der Waals surface area contributed by atoms with Gasteiger partial charge in [-0.1, -0.05) is 24.3 Å². The molecule has 0 bridgehead atoms. The van der Waals surface area contributed by atoms with Gasteiger partial charge in [-0.2, -0.15) is 0 Å². The van der Waals surface area contributed by atoms with Crippen LogP contribution < -0.4 is 0 Å². The summed E-state index contributed by atoms with van der Waals surface area (Å²) in [4.78, 5) is 12.2. The zero-order valence-electron chi connectivity index (χ0n) is 8.93. The molecule has 0 aliphatic rings. The van der Waals surface area contributed by atoms with Crippen LogP contribution in [-0.2, 0) is 6.61 Å².